The Bertz CT molecular complexity index is 1170. The summed E-state index contributed by atoms with van der Waals surface area (Å²) in [5, 5.41) is 0. The minimum Gasteiger partial charge on any atom is -0.453 e. The van der Waals surface area contributed by atoms with E-state index in [0.29, 0.717) is 49.7 Å². The molecule has 2 fully saturated rings. The second-order valence-electron chi connectivity index (χ2n) is 11.2. The third-order valence-corrected chi connectivity index (χ3v) is 8.43. The first kappa shape index (κ1) is 31.9. The van der Waals surface area contributed by atoms with E-state index < -0.39 is 52.9 Å². The molecule has 0 unspecified atom stereocenters. The molecule has 11 heteroatoms. The third-order valence-electron chi connectivity index (χ3n) is 8.43. The molecule has 0 amide bonds. The van der Waals surface area contributed by atoms with Crippen LogP contribution in [0.4, 0.5) is 35.1 Å². The van der Waals surface area contributed by atoms with Crippen LogP contribution in [0.1, 0.15) is 76.7 Å². The number of alkyl halides is 4. The van der Waals surface area contributed by atoms with Crippen LogP contribution in [0.2, 0.25) is 0 Å². The van der Waals surface area contributed by atoms with Gasteiger partial charge in [-0.3, -0.25) is 0 Å². The van der Waals surface area contributed by atoms with E-state index in [9.17, 15) is 26.3 Å². The molecule has 0 atom stereocenters. The van der Waals surface area contributed by atoms with Gasteiger partial charge in [-0.15, -0.1) is 0 Å². The molecule has 0 bridgehead atoms. The fourth-order valence-corrected chi connectivity index (χ4v) is 6.26. The van der Waals surface area contributed by atoms with Crippen LogP contribution in [0.5, 0.6) is 17.2 Å². The van der Waals surface area contributed by atoms with E-state index in [0.717, 1.165) is 43.0 Å². The highest BCUT2D eigenvalue weighted by atomic mass is 19.3. The number of hydrogen-bond acceptors (Lipinski definition) is 3. The summed E-state index contributed by atoms with van der Waals surface area (Å²) in [6, 6.07) is 4.15. The summed E-state index contributed by atoms with van der Waals surface area (Å²) < 4.78 is 125. The van der Waals surface area contributed by atoms with E-state index >= 15 is 8.78 Å². The van der Waals surface area contributed by atoms with Crippen molar-refractivity contribution in [2.75, 3.05) is 0 Å². The first-order valence-electron chi connectivity index (χ1n) is 14.3. The predicted octanol–water partition coefficient (Wildman–Crippen LogP) is 10.6. The molecule has 2 aromatic carbocycles. The van der Waals surface area contributed by atoms with E-state index in [-0.39, 0.29) is 12.0 Å². The SMILES string of the molecule is CCCC1CCC(C2CCC(C(F)(F)Oc3ccc(C(F)(F)Oc4cc(F)c(OC=C(F)F)c(F)c4)cc3)CC2)CC1. The Balaban J connectivity index is 1.32. The van der Waals surface area contributed by atoms with E-state index in [1.807, 2.05) is 0 Å². The molecule has 3 nitrogen and oxygen atoms in total. The van der Waals surface area contributed by atoms with Gasteiger partial charge in [0.2, 0.25) is 0 Å². The maximum Gasteiger partial charge on any atom is 0.426 e. The van der Waals surface area contributed by atoms with Gasteiger partial charge in [0.25, 0.3) is 0 Å². The zero-order valence-corrected chi connectivity index (χ0v) is 23.2. The molecule has 232 valence electrons. The second kappa shape index (κ2) is 13.5. The van der Waals surface area contributed by atoms with Crippen molar-refractivity contribution in [3.63, 3.8) is 0 Å². The van der Waals surface area contributed by atoms with Gasteiger partial charge in [-0.2, -0.15) is 26.3 Å². The molecule has 4 rings (SSSR count). The van der Waals surface area contributed by atoms with Gasteiger partial charge in [-0.05, 0) is 80.5 Å². The van der Waals surface area contributed by atoms with Gasteiger partial charge in [0, 0.05) is 12.1 Å². The Labute approximate surface area is 239 Å². The minimum atomic E-state index is -4.12. The molecular formula is C31H34F8O3. The average molecular weight is 607 g/mol. The van der Waals surface area contributed by atoms with Crippen molar-refractivity contribution in [3.05, 3.63) is 65.9 Å². The fourth-order valence-electron chi connectivity index (χ4n) is 6.26. The van der Waals surface area contributed by atoms with Crippen molar-refractivity contribution in [2.45, 2.75) is 83.3 Å². The maximum atomic E-state index is 15.0. The van der Waals surface area contributed by atoms with E-state index in [1.165, 1.54) is 25.7 Å². The highest BCUT2D eigenvalue weighted by Gasteiger charge is 2.45. The molecule has 0 heterocycles. The van der Waals surface area contributed by atoms with Crippen molar-refractivity contribution >= 4 is 0 Å². The van der Waals surface area contributed by atoms with E-state index in [4.69, 9.17) is 4.74 Å². The Kier molecular flexibility index (Phi) is 10.3. The van der Waals surface area contributed by atoms with Crippen molar-refractivity contribution < 1.29 is 49.3 Å². The predicted molar refractivity (Wildman–Crippen MR) is 140 cm³/mol. The Morgan fingerprint density at radius 1 is 0.786 bits per heavy atom. The maximum absolute atomic E-state index is 15.0. The molecule has 42 heavy (non-hydrogen) atoms. The summed E-state index contributed by atoms with van der Waals surface area (Å²) in [5.74, 6) is -4.78. The van der Waals surface area contributed by atoms with Gasteiger partial charge in [-0.1, -0.05) is 32.6 Å². The van der Waals surface area contributed by atoms with Gasteiger partial charge in [0.05, 0.1) is 11.5 Å². The lowest BCUT2D eigenvalue weighted by Crippen LogP contribution is -2.38. The average Bonchev–Trinajstić information content (AvgIpc) is 2.93. The van der Waals surface area contributed by atoms with Gasteiger partial charge in [0.15, 0.2) is 23.6 Å². The fraction of sp³-hybridized carbons (Fsp3) is 0.548. The van der Waals surface area contributed by atoms with Crippen LogP contribution in [0.3, 0.4) is 0 Å². The van der Waals surface area contributed by atoms with Gasteiger partial charge >= 0.3 is 18.3 Å². The first-order valence-corrected chi connectivity index (χ1v) is 14.3. The molecule has 0 aliphatic heterocycles. The first-order chi connectivity index (χ1) is 19.9. The summed E-state index contributed by atoms with van der Waals surface area (Å²) >= 11 is 0. The number of halogens is 8. The standard InChI is InChI=1S/C31H34F8O3/c1-2-3-19-4-6-20(7-5-19)21-8-10-22(11-9-21)30(36,37)41-24-14-12-23(13-15-24)31(38,39)42-25-16-26(32)29(27(33)17-25)40-18-28(34)35/h12-22H,2-11H2,1H3. The quantitative estimate of drug-likeness (QED) is 0.188. The topological polar surface area (TPSA) is 27.7 Å². The molecule has 0 aromatic heterocycles. The third kappa shape index (κ3) is 8.10. The van der Waals surface area contributed by atoms with Gasteiger partial charge < -0.3 is 14.2 Å². The largest absolute Gasteiger partial charge is 0.453 e. The Morgan fingerprint density at radius 2 is 1.33 bits per heavy atom. The van der Waals surface area contributed by atoms with Crippen molar-refractivity contribution in [1.82, 2.24) is 0 Å². The van der Waals surface area contributed by atoms with Crippen molar-refractivity contribution in [3.8, 4) is 17.2 Å². The van der Waals surface area contributed by atoms with E-state index in [1.54, 1.807) is 0 Å². The lowest BCUT2D eigenvalue weighted by atomic mass is 9.68. The monoisotopic (exact) mass is 606 g/mol. The molecule has 0 radical (unpaired) electrons. The summed E-state index contributed by atoms with van der Waals surface area (Å²) in [4.78, 5) is 0. The summed E-state index contributed by atoms with van der Waals surface area (Å²) in [6.07, 6.45) is -0.902. The summed E-state index contributed by atoms with van der Waals surface area (Å²) in [5.41, 5.74) is -0.795. The molecule has 2 aliphatic carbocycles. The van der Waals surface area contributed by atoms with Crippen LogP contribution in [-0.2, 0) is 6.11 Å². The lowest BCUT2D eigenvalue weighted by molar-refractivity contribution is -0.224. The van der Waals surface area contributed by atoms with Crippen LogP contribution < -0.4 is 14.2 Å². The van der Waals surface area contributed by atoms with Gasteiger partial charge in [0.1, 0.15) is 11.5 Å². The lowest BCUT2D eigenvalue weighted by Gasteiger charge is -2.39. The number of hydrogen-bond donors (Lipinski definition) is 0. The summed E-state index contributed by atoms with van der Waals surface area (Å²) in [7, 11) is 0. The molecule has 0 spiro atoms. The number of benzene rings is 2. The Hall–Kier alpha value is -2.98. The normalized spacial score (nSPS) is 23.3. The molecule has 2 aliphatic rings. The molecule has 0 saturated heterocycles. The van der Waals surface area contributed by atoms with Crippen LogP contribution in [-0.4, -0.2) is 6.11 Å². The zero-order valence-electron chi connectivity index (χ0n) is 23.2. The number of rotatable bonds is 11. The van der Waals surface area contributed by atoms with Crippen LogP contribution >= 0.6 is 0 Å². The minimum absolute atomic E-state index is 0.214. The van der Waals surface area contributed by atoms with Gasteiger partial charge in [-0.25, -0.2) is 8.78 Å². The highest BCUT2D eigenvalue weighted by Crippen LogP contribution is 2.46. The van der Waals surface area contributed by atoms with Crippen LogP contribution in [0.15, 0.2) is 48.7 Å². The summed E-state index contributed by atoms with van der Waals surface area (Å²) in [6.45, 7) is 2.20. The van der Waals surface area contributed by atoms with Crippen molar-refractivity contribution in [2.24, 2.45) is 23.7 Å². The molecule has 2 saturated carbocycles. The van der Waals surface area contributed by atoms with Crippen molar-refractivity contribution in [1.29, 1.82) is 0 Å². The smallest absolute Gasteiger partial charge is 0.426 e. The highest BCUT2D eigenvalue weighted by molar-refractivity contribution is 5.36. The molecule has 2 aromatic rings. The Morgan fingerprint density at radius 3 is 1.86 bits per heavy atom. The molecular weight excluding hydrogens is 572 g/mol. The second-order valence-corrected chi connectivity index (χ2v) is 11.2. The van der Waals surface area contributed by atoms with E-state index in [2.05, 4.69) is 16.4 Å². The number of ether oxygens (including phenoxy) is 3. The van der Waals surface area contributed by atoms with Crippen LogP contribution in [0, 0.1) is 35.3 Å². The molecule has 0 N–H and O–H groups in total. The zero-order chi connectivity index (χ0) is 30.5. The van der Waals surface area contributed by atoms with Crippen LogP contribution in [0.25, 0.3) is 0 Å².